The van der Waals surface area contributed by atoms with Gasteiger partial charge in [-0.05, 0) is 38.8 Å². The number of hydrogen-bond acceptors (Lipinski definition) is 4. The van der Waals surface area contributed by atoms with Crippen molar-refractivity contribution in [2.24, 2.45) is 0 Å². The molecule has 0 aliphatic carbocycles. The van der Waals surface area contributed by atoms with Gasteiger partial charge in [-0.25, -0.2) is 0 Å². The van der Waals surface area contributed by atoms with Gasteiger partial charge in [-0.3, -0.25) is 0 Å². The second-order valence-electron chi connectivity index (χ2n) is 5.19. The maximum Gasteiger partial charge on any atom is 0.0679 e. The highest BCUT2D eigenvalue weighted by molar-refractivity contribution is 4.76. The van der Waals surface area contributed by atoms with Gasteiger partial charge >= 0.3 is 0 Å². The standard InChI is InChI=1S/C12H24N2O2/c15-11-3-7-13(9-11)5-1-2-6-14-8-4-12(16)10-14/h11-12,15-16H,1-10H2. The van der Waals surface area contributed by atoms with Crippen LogP contribution in [0.1, 0.15) is 25.7 Å². The van der Waals surface area contributed by atoms with Gasteiger partial charge in [-0.15, -0.1) is 0 Å². The van der Waals surface area contributed by atoms with E-state index in [1.165, 1.54) is 12.8 Å². The molecule has 0 radical (unpaired) electrons. The summed E-state index contributed by atoms with van der Waals surface area (Å²) in [7, 11) is 0. The first-order valence-electron chi connectivity index (χ1n) is 6.55. The Morgan fingerprint density at radius 1 is 0.812 bits per heavy atom. The molecular formula is C12H24N2O2. The van der Waals surface area contributed by atoms with E-state index in [1.54, 1.807) is 0 Å². The van der Waals surface area contributed by atoms with Crippen LogP contribution in [0.3, 0.4) is 0 Å². The number of β-amino-alcohol motifs (C(OH)–C–C–N with tert-alkyl or cyclic N) is 2. The van der Waals surface area contributed by atoms with Crippen molar-refractivity contribution < 1.29 is 10.2 Å². The second kappa shape index (κ2) is 5.96. The van der Waals surface area contributed by atoms with Crippen LogP contribution in [0.25, 0.3) is 0 Å². The first kappa shape index (κ1) is 12.3. The molecule has 2 atom stereocenters. The van der Waals surface area contributed by atoms with E-state index in [0.29, 0.717) is 0 Å². The summed E-state index contributed by atoms with van der Waals surface area (Å²) in [5.74, 6) is 0. The molecular weight excluding hydrogens is 204 g/mol. The van der Waals surface area contributed by atoms with Crippen molar-refractivity contribution in [1.29, 1.82) is 0 Å². The highest BCUT2D eigenvalue weighted by atomic mass is 16.3. The van der Waals surface area contributed by atoms with Gasteiger partial charge in [0.1, 0.15) is 0 Å². The van der Waals surface area contributed by atoms with Crippen LogP contribution in [0, 0.1) is 0 Å². The zero-order valence-electron chi connectivity index (χ0n) is 10.0. The Balaban J connectivity index is 1.49. The normalized spacial score (nSPS) is 32.6. The number of hydrogen-bond donors (Lipinski definition) is 2. The van der Waals surface area contributed by atoms with Crippen molar-refractivity contribution in [3.8, 4) is 0 Å². The molecule has 2 saturated heterocycles. The first-order valence-corrected chi connectivity index (χ1v) is 6.55. The molecule has 94 valence electrons. The van der Waals surface area contributed by atoms with E-state index in [0.717, 1.165) is 52.1 Å². The zero-order valence-corrected chi connectivity index (χ0v) is 10.0. The Labute approximate surface area is 97.9 Å². The topological polar surface area (TPSA) is 46.9 Å². The smallest absolute Gasteiger partial charge is 0.0679 e. The molecule has 0 saturated carbocycles. The summed E-state index contributed by atoms with van der Waals surface area (Å²) in [6.45, 7) is 6.08. The number of aliphatic hydroxyl groups is 2. The van der Waals surface area contributed by atoms with Crippen LogP contribution in [0.5, 0.6) is 0 Å². The lowest BCUT2D eigenvalue weighted by molar-refractivity contribution is 0.171. The zero-order chi connectivity index (χ0) is 11.4. The van der Waals surface area contributed by atoms with Crippen LogP contribution in [-0.4, -0.2) is 71.5 Å². The van der Waals surface area contributed by atoms with Crippen molar-refractivity contribution in [2.45, 2.75) is 37.9 Å². The van der Waals surface area contributed by atoms with E-state index in [2.05, 4.69) is 9.80 Å². The minimum Gasteiger partial charge on any atom is -0.392 e. The number of unbranched alkanes of at least 4 members (excludes halogenated alkanes) is 1. The molecule has 16 heavy (non-hydrogen) atoms. The highest BCUT2D eigenvalue weighted by Crippen LogP contribution is 2.12. The Morgan fingerprint density at radius 3 is 1.56 bits per heavy atom. The largest absolute Gasteiger partial charge is 0.392 e. The Morgan fingerprint density at radius 2 is 1.25 bits per heavy atom. The molecule has 0 amide bonds. The number of aliphatic hydroxyl groups excluding tert-OH is 2. The quantitative estimate of drug-likeness (QED) is 0.645. The molecule has 2 N–H and O–H groups in total. The van der Waals surface area contributed by atoms with Crippen LogP contribution in [0.2, 0.25) is 0 Å². The summed E-state index contributed by atoms with van der Waals surface area (Å²) < 4.78 is 0. The van der Waals surface area contributed by atoms with E-state index in [-0.39, 0.29) is 12.2 Å². The molecule has 2 heterocycles. The molecule has 2 fully saturated rings. The number of likely N-dealkylation sites (tertiary alicyclic amines) is 2. The second-order valence-corrected chi connectivity index (χ2v) is 5.19. The van der Waals surface area contributed by atoms with E-state index in [4.69, 9.17) is 0 Å². The molecule has 0 spiro atoms. The van der Waals surface area contributed by atoms with E-state index in [9.17, 15) is 10.2 Å². The molecule has 2 aliphatic heterocycles. The summed E-state index contributed by atoms with van der Waals surface area (Å²) in [4.78, 5) is 4.70. The fraction of sp³-hybridized carbons (Fsp3) is 1.00. The predicted molar refractivity (Wildman–Crippen MR) is 63.4 cm³/mol. The average molecular weight is 228 g/mol. The maximum absolute atomic E-state index is 9.38. The Hall–Kier alpha value is -0.160. The van der Waals surface area contributed by atoms with Crippen molar-refractivity contribution >= 4 is 0 Å². The molecule has 2 aliphatic rings. The van der Waals surface area contributed by atoms with Crippen LogP contribution in [0.15, 0.2) is 0 Å². The van der Waals surface area contributed by atoms with Crippen LogP contribution >= 0.6 is 0 Å². The third kappa shape index (κ3) is 3.70. The molecule has 0 bridgehead atoms. The summed E-state index contributed by atoms with van der Waals surface area (Å²) in [6.07, 6.45) is 4.12. The third-order valence-corrected chi connectivity index (χ3v) is 3.69. The SMILES string of the molecule is OC1CCN(CCCCN2CCC(O)C2)C1. The lowest BCUT2D eigenvalue weighted by Gasteiger charge is -2.17. The summed E-state index contributed by atoms with van der Waals surface area (Å²) in [5.41, 5.74) is 0. The molecule has 0 aromatic rings. The molecule has 2 unspecified atom stereocenters. The van der Waals surface area contributed by atoms with Crippen molar-refractivity contribution in [2.75, 3.05) is 39.3 Å². The molecule has 2 rings (SSSR count). The summed E-state index contributed by atoms with van der Waals surface area (Å²) in [5, 5.41) is 18.8. The van der Waals surface area contributed by atoms with Gasteiger partial charge in [0, 0.05) is 26.2 Å². The predicted octanol–water partition coefficient (Wildman–Crippen LogP) is -0.100. The summed E-state index contributed by atoms with van der Waals surface area (Å²) in [6, 6.07) is 0. The van der Waals surface area contributed by atoms with Crippen LogP contribution in [0.4, 0.5) is 0 Å². The Kier molecular flexibility index (Phi) is 4.58. The van der Waals surface area contributed by atoms with Gasteiger partial charge < -0.3 is 20.0 Å². The fourth-order valence-electron chi connectivity index (χ4n) is 2.70. The number of rotatable bonds is 5. The van der Waals surface area contributed by atoms with E-state index >= 15 is 0 Å². The van der Waals surface area contributed by atoms with Crippen molar-refractivity contribution in [3.05, 3.63) is 0 Å². The highest BCUT2D eigenvalue weighted by Gasteiger charge is 2.21. The van der Waals surface area contributed by atoms with Gasteiger partial charge in [0.15, 0.2) is 0 Å². The van der Waals surface area contributed by atoms with Gasteiger partial charge in [-0.2, -0.15) is 0 Å². The minimum absolute atomic E-state index is 0.0891. The minimum atomic E-state index is -0.0891. The maximum atomic E-state index is 9.38. The third-order valence-electron chi connectivity index (χ3n) is 3.69. The van der Waals surface area contributed by atoms with Gasteiger partial charge in [-0.1, -0.05) is 0 Å². The van der Waals surface area contributed by atoms with Gasteiger partial charge in [0.05, 0.1) is 12.2 Å². The fourth-order valence-corrected chi connectivity index (χ4v) is 2.70. The summed E-state index contributed by atoms with van der Waals surface area (Å²) >= 11 is 0. The Bertz CT molecular complexity index is 191. The molecule has 4 nitrogen and oxygen atoms in total. The number of nitrogens with zero attached hydrogens (tertiary/aromatic N) is 2. The van der Waals surface area contributed by atoms with Crippen LogP contribution < -0.4 is 0 Å². The molecule has 0 aromatic carbocycles. The average Bonchev–Trinajstić information content (AvgIpc) is 2.83. The first-order chi connectivity index (χ1) is 7.74. The van der Waals surface area contributed by atoms with Gasteiger partial charge in [0.2, 0.25) is 0 Å². The van der Waals surface area contributed by atoms with Crippen LogP contribution in [-0.2, 0) is 0 Å². The monoisotopic (exact) mass is 228 g/mol. The van der Waals surface area contributed by atoms with E-state index < -0.39 is 0 Å². The van der Waals surface area contributed by atoms with Crippen molar-refractivity contribution in [3.63, 3.8) is 0 Å². The van der Waals surface area contributed by atoms with E-state index in [1.807, 2.05) is 0 Å². The lowest BCUT2D eigenvalue weighted by atomic mass is 10.3. The molecule has 0 aromatic heterocycles. The van der Waals surface area contributed by atoms with Crippen molar-refractivity contribution in [1.82, 2.24) is 9.80 Å². The lowest BCUT2D eigenvalue weighted by Crippen LogP contribution is -2.26. The van der Waals surface area contributed by atoms with Gasteiger partial charge in [0.25, 0.3) is 0 Å². The molecule has 4 heteroatoms.